The fraction of sp³-hybridized carbons (Fsp3) is 0.0952. The number of nitrogens with zero attached hydrogens (tertiary/aromatic N) is 1. The molecule has 2 amide bonds. The lowest BCUT2D eigenvalue weighted by atomic mass is 10.1. The van der Waals surface area contributed by atoms with Gasteiger partial charge in [0.15, 0.2) is 5.76 Å². The minimum absolute atomic E-state index is 0.196. The van der Waals surface area contributed by atoms with Crippen molar-refractivity contribution in [1.29, 1.82) is 5.26 Å². The fourth-order valence-electron chi connectivity index (χ4n) is 2.49. The Morgan fingerprint density at radius 2 is 1.81 bits per heavy atom. The van der Waals surface area contributed by atoms with E-state index in [0.29, 0.717) is 23.4 Å². The molecule has 0 aliphatic heterocycles. The van der Waals surface area contributed by atoms with Gasteiger partial charge >= 0.3 is 0 Å². The first-order valence-electron chi connectivity index (χ1n) is 8.29. The van der Waals surface area contributed by atoms with E-state index in [-0.39, 0.29) is 17.6 Å². The Kier molecular flexibility index (Phi) is 5.33. The van der Waals surface area contributed by atoms with Gasteiger partial charge in [-0.3, -0.25) is 9.59 Å². The van der Waals surface area contributed by atoms with Crippen LogP contribution >= 0.6 is 0 Å². The highest BCUT2D eigenvalue weighted by Gasteiger charge is 2.13. The summed E-state index contributed by atoms with van der Waals surface area (Å²) in [4.78, 5) is 24.7. The number of hydrogen-bond donors (Lipinski definition) is 2. The monoisotopic (exact) mass is 359 g/mol. The van der Waals surface area contributed by atoms with Gasteiger partial charge in [0.1, 0.15) is 0 Å². The van der Waals surface area contributed by atoms with Gasteiger partial charge in [-0.05, 0) is 54.4 Å². The van der Waals surface area contributed by atoms with E-state index in [1.165, 1.54) is 6.26 Å². The summed E-state index contributed by atoms with van der Waals surface area (Å²) in [6, 6.07) is 17.4. The summed E-state index contributed by atoms with van der Waals surface area (Å²) < 4.78 is 5.08. The SMILES string of the molecule is Cc1ccc(C(=O)Nc2ccc(CC#N)cc2)cc1NC(=O)c1ccco1. The van der Waals surface area contributed by atoms with Crippen molar-refractivity contribution >= 4 is 23.2 Å². The van der Waals surface area contributed by atoms with Gasteiger partial charge in [0, 0.05) is 16.9 Å². The van der Waals surface area contributed by atoms with E-state index >= 15 is 0 Å². The smallest absolute Gasteiger partial charge is 0.291 e. The molecule has 1 aromatic heterocycles. The largest absolute Gasteiger partial charge is 0.459 e. The zero-order valence-electron chi connectivity index (χ0n) is 14.7. The quantitative estimate of drug-likeness (QED) is 0.715. The first-order valence-corrected chi connectivity index (χ1v) is 8.29. The van der Waals surface area contributed by atoms with Gasteiger partial charge in [-0.1, -0.05) is 18.2 Å². The molecule has 2 N–H and O–H groups in total. The summed E-state index contributed by atoms with van der Waals surface area (Å²) in [5.74, 6) is -0.480. The maximum absolute atomic E-state index is 12.5. The number of hydrogen-bond acceptors (Lipinski definition) is 4. The molecule has 0 saturated heterocycles. The molecule has 3 rings (SSSR count). The van der Waals surface area contributed by atoms with Gasteiger partial charge in [0.25, 0.3) is 11.8 Å². The second kappa shape index (κ2) is 8.02. The Morgan fingerprint density at radius 1 is 1.04 bits per heavy atom. The number of nitrogens with one attached hydrogen (secondary N) is 2. The van der Waals surface area contributed by atoms with Crippen LogP contribution in [0, 0.1) is 18.3 Å². The van der Waals surface area contributed by atoms with Gasteiger partial charge < -0.3 is 15.1 Å². The number of anilines is 2. The van der Waals surface area contributed by atoms with Crippen LogP contribution in [0.1, 0.15) is 32.0 Å². The third-order valence-corrected chi connectivity index (χ3v) is 3.99. The molecular weight excluding hydrogens is 342 g/mol. The van der Waals surface area contributed by atoms with Crippen molar-refractivity contribution < 1.29 is 14.0 Å². The molecular formula is C21H17N3O3. The van der Waals surface area contributed by atoms with E-state index in [0.717, 1.165) is 11.1 Å². The number of furan rings is 1. The number of carbonyl (C=O) groups excluding carboxylic acids is 2. The molecule has 3 aromatic rings. The summed E-state index contributed by atoms with van der Waals surface area (Å²) >= 11 is 0. The zero-order chi connectivity index (χ0) is 19.2. The molecule has 134 valence electrons. The number of nitriles is 1. The maximum atomic E-state index is 12.5. The molecule has 0 aliphatic rings. The molecule has 0 unspecified atom stereocenters. The topological polar surface area (TPSA) is 95.1 Å². The Morgan fingerprint density at radius 3 is 2.48 bits per heavy atom. The minimum atomic E-state index is -0.381. The minimum Gasteiger partial charge on any atom is -0.459 e. The van der Waals surface area contributed by atoms with Crippen molar-refractivity contribution in [1.82, 2.24) is 0 Å². The van der Waals surface area contributed by atoms with E-state index in [1.807, 2.05) is 6.92 Å². The Labute approximate surface area is 156 Å². The van der Waals surface area contributed by atoms with Crippen molar-refractivity contribution in [2.24, 2.45) is 0 Å². The molecule has 0 spiro atoms. The van der Waals surface area contributed by atoms with Gasteiger partial charge in [-0.25, -0.2) is 0 Å². The Balaban J connectivity index is 1.73. The van der Waals surface area contributed by atoms with Crippen LogP contribution < -0.4 is 10.6 Å². The highest BCUT2D eigenvalue weighted by molar-refractivity contribution is 6.07. The van der Waals surface area contributed by atoms with Crippen LogP contribution in [-0.2, 0) is 6.42 Å². The van der Waals surface area contributed by atoms with Crippen molar-refractivity contribution in [3.05, 3.63) is 83.3 Å². The van der Waals surface area contributed by atoms with Crippen molar-refractivity contribution in [2.75, 3.05) is 10.6 Å². The molecule has 0 aliphatic carbocycles. The number of carbonyl (C=O) groups is 2. The highest BCUT2D eigenvalue weighted by Crippen LogP contribution is 2.19. The molecule has 0 saturated carbocycles. The second-order valence-electron chi connectivity index (χ2n) is 5.95. The van der Waals surface area contributed by atoms with Gasteiger partial charge in [0.2, 0.25) is 0 Å². The van der Waals surface area contributed by atoms with Crippen LogP contribution in [0.15, 0.2) is 65.3 Å². The van der Waals surface area contributed by atoms with E-state index in [4.69, 9.17) is 9.68 Å². The first kappa shape index (κ1) is 18.0. The van der Waals surface area contributed by atoms with E-state index in [2.05, 4.69) is 16.7 Å². The molecule has 0 bridgehead atoms. The number of rotatable bonds is 5. The average Bonchev–Trinajstić information content (AvgIpc) is 3.20. The molecule has 2 aromatic carbocycles. The van der Waals surface area contributed by atoms with E-state index in [9.17, 15) is 9.59 Å². The number of amides is 2. The Bertz CT molecular complexity index is 1000. The van der Waals surface area contributed by atoms with Crippen molar-refractivity contribution in [3.8, 4) is 6.07 Å². The molecule has 27 heavy (non-hydrogen) atoms. The zero-order valence-corrected chi connectivity index (χ0v) is 14.7. The van der Waals surface area contributed by atoms with Crippen molar-refractivity contribution in [2.45, 2.75) is 13.3 Å². The predicted molar refractivity (Wildman–Crippen MR) is 102 cm³/mol. The normalized spacial score (nSPS) is 10.1. The lowest BCUT2D eigenvalue weighted by Crippen LogP contribution is -2.15. The van der Waals surface area contributed by atoms with Crippen LogP contribution in [0.5, 0.6) is 0 Å². The van der Waals surface area contributed by atoms with Crippen LogP contribution in [-0.4, -0.2) is 11.8 Å². The number of aryl methyl sites for hydroxylation is 1. The van der Waals surface area contributed by atoms with Gasteiger partial charge in [-0.15, -0.1) is 0 Å². The van der Waals surface area contributed by atoms with Gasteiger partial charge in [0.05, 0.1) is 18.8 Å². The summed E-state index contributed by atoms with van der Waals surface area (Å²) in [7, 11) is 0. The summed E-state index contributed by atoms with van der Waals surface area (Å²) in [6.07, 6.45) is 1.75. The Hall–Kier alpha value is -3.85. The number of benzene rings is 2. The maximum Gasteiger partial charge on any atom is 0.291 e. The highest BCUT2D eigenvalue weighted by atomic mass is 16.3. The van der Waals surface area contributed by atoms with Crippen LogP contribution in [0.2, 0.25) is 0 Å². The lowest BCUT2D eigenvalue weighted by Gasteiger charge is -2.10. The summed E-state index contributed by atoms with van der Waals surface area (Å²) in [6.45, 7) is 1.84. The molecule has 6 heteroatoms. The molecule has 6 nitrogen and oxygen atoms in total. The van der Waals surface area contributed by atoms with Gasteiger partial charge in [-0.2, -0.15) is 5.26 Å². The second-order valence-corrected chi connectivity index (χ2v) is 5.95. The molecule has 0 fully saturated rings. The van der Waals surface area contributed by atoms with Crippen LogP contribution in [0.25, 0.3) is 0 Å². The fourth-order valence-corrected chi connectivity index (χ4v) is 2.49. The van der Waals surface area contributed by atoms with Crippen molar-refractivity contribution in [3.63, 3.8) is 0 Å². The summed E-state index contributed by atoms with van der Waals surface area (Å²) in [5.41, 5.74) is 3.29. The van der Waals surface area contributed by atoms with E-state index < -0.39 is 0 Å². The van der Waals surface area contributed by atoms with Crippen LogP contribution in [0.3, 0.4) is 0 Å². The third kappa shape index (κ3) is 4.41. The first-order chi connectivity index (χ1) is 13.1. The van der Waals surface area contributed by atoms with E-state index in [1.54, 1.807) is 54.6 Å². The average molecular weight is 359 g/mol. The summed E-state index contributed by atoms with van der Waals surface area (Å²) in [5, 5.41) is 14.3. The predicted octanol–water partition coefficient (Wildman–Crippen LogP) is 4.16. The third-order valence-electron chi connectivity index (χ3n) is 3.99. The molecule has 0 radical (unpaired) electrons. The standard InChI is InChI=1S/C21H17N3O3/c1-14-4-7-16(13-18(14)24-21(26)19-3-2-12-27-19)20(25)23-17-8-5-15(6-9-17)10-11-22/h2-9,12-13H,10H2,1H3,(H,23,25)(H,24,26). The molecule has 1 heterocycles. The lowest BCUT2D eigenvalue weighted by molar-refractivity contribution is 0.0993. The molecule has 0 atom stereocenters. The van der Waals surface area contributed by atoms with Crippen LogP contribution in [0.4, 0.5) is 11.4 Å².